The van der Waals surface area contributed by atoms with Crippen LogP contribution < -0.4 is 55.3 Å². The lowest BCUT2D eigenvalue weighted by Gasteiger charge is -2.31. The summed E-state index contributed by atoms with van der Waals surface area (Å²) in [4.78, 5) is 137. The molecule has 19 N–H and O–H groups in total. The molecule has 0 aliphatic carbocycles. The van der Waals surface area contributed by atoms with Crippen molar-refractivity contribution in [1.82, 2.24) is 31.5 Å². The molecular formula is C40H61N13O14. The van der Waals surface area contributed by atoms with E-state index >= 15 is 0 Å². The Balaban J connectivity index is 2.40. The van der Waals surface area contributed by atoms with Crippen molar-refractivity contribution in [2.75, 3.05) is 19.6 Å². The number of hydrogen-bond acceptors (Lipinski definition) is 13. The summed E-state index contributed by atoms with van der Waals surface area (Å²) in [5, 5.41) is 49.5. The van der Waals surface area contributed by atoms with Gasteiger partial charge in [0.15, 0.2) is 11.9 Å². The molecule has 0 spiro atoms. The summed E-state index contributed by atoms with van der Waals surface area (Å²) in [6, 6.07) is -2.26. The Morgan fingerprint density at radius 1 is 0.612 bits per heavy atom. The first-order chi connectivity index (χ1) is 31.6. The molecule has 0 radical (unpaired) electrons. The normalized spacial score (nSPS) is 15.7. The van der Waals surface area contributed by atoms with Crippen LogP contribution in [-0.2, 0) is 54.4 Å². The van der Waals surface area contributed by atoms with E-state index in [1.54, 1.807) is 30.3 Å². The highest BCUT2D eigenvalue weighted by Crippen LogP contribution is 2.21. The van der Waals surface area contributed by atoms with Crippen LogP contribution in [0, 0.1) is 0 Å². The average Bonchev–Trinajstić information content (AvgIpc) is 3.75. The molecule has 0 saturated carbocycles. The van der Waals surface area contributed by atoms with Gasteiger partial charge in [-0.25, -0.2) is 4.79 Å². The number of nitrogens with one attached hydrogen (secondary N) is 5. The second-order valence-corrected chi connectivity index (χ2v) is 15.5. The van der Waals surface area contributed by atoms with E-state index in [-0.39, 0.29) is 70.1 Å². The molecule has 1 aliphatic rings. The Labute approximate surface area is 384 Å². The van der Waals surface area contributed by atoms with Gasteiger partial charge in [-0.2, -0.15) is 0 Å². The van der Waals surface area contributed by atoms with Gasteiger partial charge in [0.2, 0.25) is 35.4 Å². The largest absolute Gasteiger partial charge is 0.481 e. The minimum Gasteiger partial charge on any atom is -0.481 e. The summed E-state index contributed by atoms with van der Waals surface area (Å²) < 4.78 is 0. The summed E-state index contributed by atoms with van der Waals surface area (Å²) in [5.41, 5.74) is 28.0. The SMILES string of the molecule is NC(N)=NCCC[C@H](NC(=O)[C@@H](N)CCCN=C(N)N)C(=O)N[C@@H](CC(=O)O)C(=O)N[C@@H](Cc1ccccc1)C(=O)N1CCC[C@H]1C(=O)N[C@@H](CCC(=O)O)C(=O)N[C@@H](CCC(=O)O)C(=O)O. The zero-order valence-corrected chi connectivity index (χ0v) is 36.6. The molecule has 1 aromatic rings. The van der Waals surface area contributed by atoms with Crippen molar-refractivity contribution in [2.24, 2.45) is 38.7 Å². The van der Waals surface area contributed by atoms with Crippen LogP contribution in [-0.4, -0.2) is 158 Å². The Morgan fingerprint density at radius 2 is 1.10 bits per heavy atom. The van der Waals surface area contributed by atoms with E-state index in [9.17, 15) is 63.3 Å². The Bertz CT molecular complexity index is 1980. The number of likely N-dealkylation sites (tertiary alicyclic amines) is 1. The number of amides is 6. The molecule has 67 heavy (non-hydrogen) atoms. The van der Waals surface area contributed by atoms with Gasteiger partial charge in [-0.3, -0.25) is 53.1 Å². The Kier molecular flexibility index (Phi) is 23.5. The van der Waals surface area contributed by atoms with Gasteiger partial charge < -0.3 is 80.6 Å². The number of carboxylic acids is 4. The van der Waals surface area contributed by atoms with Gasteiger partial charge >= 0.3 is 23.9 Å². The monoisotopic (exact) mass is 947 g/mol. The van der Waals surface area contributed by atoms with Gasteiger partial charge in [0.25, 0.3) is 0 Å². The number of rotatable bonds is 30. The number of aliphatic imine (C=N–C) groups is 2. The van der Waals surface area contributed by atoms with Crippen molar-refractivity contribution in [2.45, 2.75) is 119 Å². The fourth-order valence-electron chi connectivity index (χ4n) is 6.79. The van der Waals surface area contributed by atoms with E-state index in [1.807, 2.05) is 0 Å². The Morgan fingerprint density at radius 3 is 1.64 bits per heavy atom. The number of nitrogens with zero attached hydrogens (tertiary/aromatic N) is 3. The number of benzene rings is 1. The molecule has 0 aromatic heterocycles. The third-order valence-electron chi connectivity index (χ3n) is 10.2. The van der Waals surface area contributed by atoms with Crippen LogP contribution in [0.4, 0.5) is 0 Å². The van der Waals surface area contributed by atoms with Gasteiger partial charge in [-0.15, -0.1) is 0 Å². The number of aliphatic carboxylic acids is 4. The number of hydrogen-bond donors (Lipinski definition) is 14. The molecule has 0 bridgehead atoms. The summed E-state index contributed by atoms with van der Waals surface area (Å²) in [6.45, 7) is 0.147. The van der Waals surface area contributed by atoms with Gasteiger partial charge in [0.1, 0.15) is 36.3 Å². The van der Waals surface area contributed by atoms with E-state index in [4.69, 9.17) is 33.8 Å². The van der Waals surface area contributed by atoms with E-state index in [0.29, 0.717) is 12.0 Å². The maximum absolute atomic E-state index is 14.4. The smallest absolute Gasteiger partial charge is 0.326 e. The highest BCUT2D eigenvalue weighted by atomic mass is 16.4. The molecule has 370 valence electrons. The lowest BCUT2D eigenvalue weighted by molar-refractivity contribution is -0.145. The fourth-order valence-corrected chi connectivity index (χ4v) is 6.79. The lowest BCUT2D eigenvalue weighted by atomic mass is 10.0. The summed E-state index contributed by atoms with van der Waals surface area (Å²) in [5.74, 6) is -12.0. The predicted molar refractivity (Wildman–Crippen MR) is 236 cm³/mol. The molecule has 1 saturated heterocycles. The van der Waals surface area contributed by atoms with Crippen molar-refractivity contribution < 1.29 is 68.4 Å². The average molecular weight is 948 g/mol. The van der Waals surface area contributed by atoms with Crippen molar-refractivity contribution in [3.8, 4) is 0 Å². The maximum Gasteiger partial charge on any atom is 0.326 e. The number of carbonyl (C=O) groups excluding carboxylic acids is 6. The Hall–Kier alpha value is -7.58. The number of nitrogens with two attached hydrogens (primary N) is 5. The van der Waals surface area contributed by atoms with Crippen molar-refractivity contribution in [1.29, 1.82) is 0 Å². The minimum atomic E-state index is -1.84. The second kappa shape index (κ2) is 28.4. The highest BCUT2D eigenvalue weighted by Gasteiger charge is 2.40. The van der Waals surface area contributed by atoms with E-state index in [2.05, 4.69) is 36.6 Å². The second-order valence-electron chi connectivity index (χ2n) is 15.5. The first kappa shape index (κ1) is 55.6. The molecule has 2 rings (SSSR count). The van der Waals surface area contributed by atoms with Gasteiger partial charge in [0.05, 0.1) is 12.5 Å². The fraction of sp³-hybridized carbons (Fsp3) is 0.550. The van der Waals surface area contributed by atoms with Crippen LogP contribution >= 0.6 is 0 Å². The molecular weight excluding hydrogens is 887 g/mol. The molecule has 1 aliphatic heterocycles. The van der Waals surface area contributed by atoms with E-state index in [1.165, 1.54) is 0 Å². The van der Waals surface area contributed by atoms with E-state index in [0.717, 1.165) is 4.90 Å². The quantitative estimate of drug-likeness (QED) is 0.0196. The van der Waals surface area contributed by atoms with Crippen LogP contribution in [0.25, 0.3) is 0 Å². The van der Waals surface area contributed by atoms with Crippen LogP contribution in [0.2, 0.25) is 0 Å². The van der Waals surface area contributed by atoms with Crippen molar-refractivity contribution in [3.05, 3.63) is 35.9 Å². The molecule has 1 heterocycles. The maximum atomic E-state index is 14.4. The van der Waals surface area contributed by atoms with Crippen LogP contribution in [0.1, 0.15) is 76.2 Å². The molecule has 0 unspecified atom stereocenters. The van der Waals surface area contributed by atoms with Crippen molar-refractivity contribution >= 4 is 71.2 Å². The molecule has 27 heteroatoms. The first-order valence-corrected chi connectivity index (χ1v) is 21.2. The lowest BCUT2D eigenvalue weighted by Crippen LogP contribution is -2.60. The van der Waals surface area contributed by atoms with Gasteiger partial charge in [-0.05, 0) is 56.9 Å². The third-order valence-corrected chi connectivity index (χ3v) is 10.2. The molecule has 6 amide bonds. The van der Waals surface area contributed by atoms with Crippen molar-refractivity contribution in [3.63, 3.8) is 0 Å². The zero-order chi connectivity index (χ0) is 50.2. The van der Waals surface area contributed by atoms with E-state index < -0.39 is 134 Å². The molecule has 1 fully saturated rings. The molecule has 1 aromatic carbocycles. The topological polar surface area (TPSA) is 470 Å². The summed E-state index contributed by atoms with van der Waals surface area (Å²) >= 11 is 0. The van der Waals surface area contributed by atoms with Crippen LogP contribution in [0.3, 0.4) is 0 Å². The summed E-state index contributed by atoms with van der Waals surface area (Å²) in [7, 11) is 0. The van der Waals surface area contributed by atoms with Crippen LogP contribution in [0.5, 0.6) is 0 Å². The predicted octanol–water partition coefficient (Wildman–Crippen LogP) is -4.63. The third kappa shape index (κ3) is 20.9. The summed E-state index contributed by atoms with van der Waals surface area (Å²) in [6.07, 6.45) is -2.82. The number of carboxylic acid groups (broad SMARTS) is 4. The minimum absolute atomic E-state index is 0.0281. The standard InChI is InChI=1S/C40H61N13O14/c41-22(9-4-16-46-39(42)43)32(60)48-23(10-5-17-47-40(44)45)33(61)51-26(20-31(58)59)35(63)52-27(19-21-7-2-1-3-8-21)37(65)53-18-6-11-28(53)36(64)49-24(12-14-29(54)55)34(62)50-25(38(66)67)13-15-30(56)57/h1-3,7-8,22-28H,4-6,9-20,41H2,(H,48,60)(H,49,64)(H,50,62)(H,51,61)(H,52,63)(H,54,55)(H,56,57)(H,58,59)(H,66,67)(H4,42,43,46)(H4,44,45,47)/t22-,23-,24-,25-,26-,27-,28-/m0/s1. The molecule has 27 nitrogen and oxygen atoms in total. The van der Waals surface area contributed by atoms with Gasteiger partial charge in [0, 0.05) is 38.9 Å². The van der Waals surface area contributed by atoms with Crippen LogP contribution in [0.15, 0.2) is 40.3 Å². The zero-order valence-electron chi connectivity index (χ0n) is 36.6. The number of guanidine groups is 2. The first-order valence-electron chi connectivity index (χ1n) is 21.2. The highest BCUT2D eigenvalue weighted by molar-refractivity contribution is 5.98. The number of carbonyl (C=O) groups is 10. The van der Waals surface area contributed by atoms with Gasteiger partial charge in [-0.1, -0.05) is 30.3 Å². The molecule has 7 atom stereocenters.